The predicted molar refractivity (Wildman–Crippen MR) is 81.5 cm³/mol. The minimum atomic E-state index is -3.82. The van der Waals surface area contributed by atoms with Gasteiger partial charge in [0.25, 0.3) is 0 Å². The molecular formula is C13H22N4O3S. The molecule has 0 saturated carbocycles. The minimum absolute atomic E-state index is 0.0296. The van der Waals surface area contributed by atoms with Crippen molar-refractivity contribution in [1.82, 2.24) is 15.0 Å². The number of carbonyl (C=O) groups is 1. The lowest BCUT2D eigenvalue weighted by Crippen LogP contribution is -2.45. The average molecular weight is 314 g/mol. The SMILES string of the molecule is CCCNC(=O)C(C)NS(=O)(=O)c1cccnc1NCC. The molecule has 0 saturated heterocycles. The minimum Gasteiger partial charge on any atom is -0.369 e. The Balaban J connectivity index is 2.89. The first-order valence-corrected chi connectivity index (χ1v) is 8.39. The zero-order valence-electron chi connectivity index (χ0n) is 12.5. The van der Waals surface area contributed by atoms with Gasteiger partial charge in [-0.05, 0) is 32.4 Å². The van der Waals surface area contributed by atoms with Gasteiger partial charge >= 0.3 is 0 Å². The number of hydrogen-bond acceptors (Lipinski definition) is 5. The Hall–Kier alpha value is -1.67. The molecule has 1 heterocycles. The molecule has 1 aromatic rings. The molecule has 7 nitrogen and oxygen atoms in total. The third-order valence-corrected chi connectivity index (χ3v) is 4.25. The number of pyridine rings is 1. The van der Waals surface area contributed by atoms with Crippen LogP contribution < -0.4 is 15.4 Å². The van der Waals surface area contributed by atoms with Gasteiger partial charge in [-0.15, -0.1) is 0 Å². The summed E-state index contributed by atoms with van der Waals surface area (Å²) in [7, 11) is -3.82. The molecule has 1 atom stereocenters. The van der Waals surface area contributed by atoms with E-state index in [2.05, 4.69) is 20.3 Å². The number of nitrogens with one attached hydrogen (secondary N) is 3. The number of anilines is 1. The maximum absolute atomic E-state index is 12.3. The lowest BCUT2D eigenvalue weighted by Gasteiger charge is -2.15. The van der Waals surface area contributed by atoms with Crippen molar-refractivity contribution in [3.63, 3.8) is 0 Å². The van der Waals surface area contributed by atoms with Gasteiger partial charge in [0, 0.05) is 19.3 Å². The summed E-state index contributed by atoms with van der Waals surface area (Å²) in [5, 5.41) is 5.54. The van der Waals surface area contributed by atoms with Crippen LogP contribution in [0.1, 0.15) is 27.2 Å². The van der Waals surface area contributed by atoms with Crippen LogP contribution in [0.25, 0.3) is 0 Å². The Kier molecular flexibility index (Phi) is 6.57. The number of sulfonamides is 1. The van der Waals surface area contributed by atoms with Crippen LogP contribution in [0.3, 0.4) is 0 Å². The van der Waals surface area contributed by atoms with Crippen LogP contribution in [-0.4, -0.2) is 38.4 Å². The molecule has 0 aromatic carbocycles. The van der Waals surface area contributed by atoms with E-state index in [0.717, 1.165) is 6.42 Å². The van der Waals surface area contributed by atoms with Crippen molar-refractivity contribution in [2.75, 3.05) is 18.4 Å². The molecule has 21 heavy (non-hydrogen) atoms. The van der Waals surface area contributed by atoms with Crippen molar-refractivity contribution in [2.45, 2.75) is 38.1 Å². The molecule has 0 aliphatic rings. The van der Waals surface area contributed by atoms with Crippen LogP contribution in [0.15, 0.2) is 23.2 Å². The monoisotopic (exact) mass is 314 g/mol. The van der Waals surface area contributed by atoms with E-state index < -0.39 is 16.1 Å². The maximum Gasteiger partial charge on any atom is 0.244 e. The van der Waals surface area contributed by atoms with Gasteiger partial charge in [-0.3, -0.25) is 4.79 Å². The topological polar surface area (TPSA) is 100 Å². The molecule has 3 N–H and O–H groups in total. The van der Waals surface area contributed by atoms with E-state index >= 15 is 0 Å². The first kappa shape index (κ1) is 17.4. The van der Waals surface area contributed by atoms with Crippen LogP contribution in [0.2, 0.25) is 0 Å². The van der Waals surface area contributed by atoms with Gasteiger partial charge in [-0.25, -0.2) is 13.4 Å². The molecule has 1 rings (SSSR count). The number of nitrogens with zero attached hydrogens (tertiary/aromatic N) is 1. The zero-order valence-corrected chi connectivity index (χ0v) is 13.3. The normalized spacial score (nSPS) is 12.7. The Morgan fingerprint density at radius 1 is 1.38 bits per heavy atom. The fourth-order valence-corrected chi connectivity index (χ4v) is 3.00. The smallest absolute Gasteiger partial charge is 0.244 e. The molecule has 0 aliphatic carbocycles. The summed E-state index contributed by atoms with van der Waals surface area (Å²) >= 11 is 0. The molecule has 0 fully saturated rings. The first-order chi connectivity index (χ1) is 9.92. The fourth-order valence-electron chi connectivity index (χ4n) is 1.66. The van der Waals surface area contributed by atoms with Gasteiger partial charge in [0.2, 0.25) is 15.9 Å². The number of aromatic nitrogens is 1. The standard InChI is InChI=1S/C13H22N4O3S/c1-4-8-16-13(18)10(3)17-21(19,20)11-7-6-9-15-12(11)14-5-2/h6-7,9-10,17H,4-5,8H2,1-3H3,(H,14,15)(H,16,18). The van der Waals surface area contributed by atoms with E-state index in [1.54, 1.807) is 0 Å². The van der Waals surface area contributed by atoms with E-state index in [-0.39, 0.29) is 16.6 Å². The summed E-state index contributed by atoms with van der Waals surface area (Å²) in [5.41, 5.74) is 0. The Bertz CT molecular complexity index is 575. The van der Waals surface area contributed by atoms with Crippen molar-refractivity contribution in [1.29, 1.82) is 0 Å². The number of hydrogen-bond donors (Lipinski definition) is 3. The number of carbonyl (C=O) groups excluding carboxylic acids is 1. The van der Waals surface area contributed by atoms with Crippen molar-refractivity contribution >= 4 is 21.7 Å². The van der Waals surface area contributed by atoms with Gasteiger partial charge in [-0.2, -0.15) is 4.72 Å². The molecule has 1 unspecified atom stereocenters. The molecule has 0 aliphatic heterocycles. The lowest BCUT2D eigenvalue weighted by molar-refractivity contribution is -0.122. The largest absolute Gasteiger partial charge is 0.369 e. The van der Waals surface area contributed by atoms with Gasteiger partial charge < -0.3 is 10.6 Å². The molecule has 1 amide bonds. The van der Waals surface area contributed by atoms with Crippen LogP contribution in [0.5, 0.6) is 0 Å². The molecule has 0 bridgehead atoms. The van der Waals surface area contributed by atoms with Gasteiger partial charge in [0.15, 0.2) is 0 Å². The Morgan fingerprint density at radius 3 is 2.71 bits per heavy atom. The lowest BCUT2D eigenvalue weighted by atomic mass is 10.3. The summed E-state index contributed by atoms with van der Waals surface area (Å²) < 4.78 is 27.1. The second kappa shape index (κ2) is 7.94. The summed E-state index contributed by atoms with van der Waals surface area (Å²) in [5.74, 6) is -0.0806. The van der Waals surface area contributed by atoms with Crippen molar-refractivity contribution < 1.29 is 13.2 Å². The molecule has 0 radical (unpaired) electrons. The highest BCUT2D eigenvalue weighted by molar-refractivity contribution is 7.89. The van der Waals surface area contributed by atoms with Gasteiger partial charge in [0.05, 0.1) is 6.04 Å². The van der Waals surface area contributed by atoms with Gasteiger partial charge in [-0.1, -0.05) is 6.92 Å². The highest BCUT2D eigenvalue weighted by Gasteiger charge is 2.24. The predicted octanol–water partition coefficient (Wildman–Crippen LogP) is 0.706. The van der Waals surface area contributed by atoms with Crippen molar-refractivity contribution in [3.05, 3.63) is 18.3 Å². The van der Waals surface area contributed by atoms with E-state index in [1.165, 1.54) is 25.3 Å². The highest BCUT2D eigenvalue weighted by Crippen LogP contribution is 2.17. The van der Waals surface area contributed by atoms with Crippen molar-refractivity contribution in [3.8, 4) is 0 Å². The number of amides is 1. The van der Waals surface area contributed by atoms with E-state index in [1.807, 2.05) is 13.8 Å². The third-order valence-electron chi connectivity index (χ3n) is 2.68. The molecule has 8 heteroatoms. The van der Waals surface area contributed by atoms with E-state index in [9.17, 15) is 13.2 Å². The molecular weight excluding hydrogens is 292 g/mol. The quantitative estimate of drug-likeness (QED) is 0.656. The zero-order chi connectivity index (χ0) is 15.9. The Labute approximate surface area is 125 Å². The second-order valence-corrected chi connectivity index (χ2v) is 6.20. The van der Waals surface area contributed by atoms with E-state index in [4.69, 9.17) is 0 Å². The Morgan fingerprint density at radius 2 is 2.10 bits per heavy atom. The van der Waals surface area contributed by atoms with E-state index in [0.29, 0.717) is 13.1 Å². The first-order valence-electron chi connectivity index (χ1n) is 6.91. The van der Waals surface area contributed by atoms with Crippen LogP contribution in [-0.2, 0) is 14.8 Å². The third kappa shape index (κ3) is 4.98. The van der Waals surface area contributed by atoms with Crippen molar-refractivity contribution in [2.24, 2.45) is 0 Å². The highest BCUT2D eigenvalue weighted by atomic mass is 32.2. The molecule has 0 spiro atoms. The summed E-state index contributed by atoms with van der Waals surface area (Å²) in [6.45, 7) is 6.34. The summed E-state index contributed by atoms with van der Waals surface area (Å²) in [4.78, 5) is 15.8. The maximum atomic E-state index is 12.3. The number of rotatable bonds is 8. The molecule has 1 aromatic heterocycles. The van der Waals surface area contributed by atoms with Crippen LogP contribution >= 0.6 is 0 Å². The fraction of sp³-hybridized carbons (Fsp3) is 0.538. The molecule has 118 valence electrons. The summed E-state index contributed by atoms with van der Waals surface area (Å²) in [6, 6.07) is 2.14. The van der Waals surface area contributed by atoms with Crippen LogP contribution in [0, 0.1) is 0 Å². The summed E-state index contributed by atoms with van der Waals surface area (Å²) in [6.07, 6.45) is 2.30. The second-order valence-electron chi connectivity index (χ2n) is 4.51. The van der Waals surface area contributed by atoms with Crippen LogP contribution in [0.4, 0.5) is 5.82 Å². The average Bonchev–Trinajstić information content (AvgIpc) is 2.45. The van der Waals surface area contributed by atoms with Gasteiger partial charge in [0.1, 0.15) is 10.7 Å².